The SMILES string of the molecule is Cc1cc(C)cc(C2CC(NC(=O)c3cnn(C)c3C(F)F)NN2)c1. The maximum Gasteiger partial charge on any atom is 0.280 e. The van der Waals surface area contributed by atoms with E-state index in [-0.39, 0.29) is 23.5 Å². The molecule has 134 valence electrons. The van der Waals surface area contributed by atoms with Crippen molar-refractivity contribution in [3.05, 3.63) is 52.3 Å². The first-order valence-corrected chi connectivity index (χ1v) is 8.05. The zero-order chi connectivity index (χ0) is 18.1. The molecule has 25 heavy (non-hydrogen) atoms. The Balaban J connectivity index is 1.68. The number of carbonyl (C=O) groups excluding carboxylic acids is 1. The summed E-state index contributed by atoms with van der Waals surface area (Å²) in [7, 11) is 1.39. The van der Waals surface area contributed by atoms with Crippen LogP contribution in [0.3, 0.4) is 0 Å². The molecule has 1 aliphatic rings. The third kappa shape index (κ3) is 3.69. The number of hydrazine groups is 1. The Morgan fingerprint density at radius 3 is 2.60 bits per heavy atom. The molecular weight excluding hydrogens is 328 g/mol. The second kappa shape index (κ2) is 6.89. The van der Waals surface area contributed by atoms with Crippen LogP contribution in [0.1, 0.15) is 51.6 Å². The van der Waals surface area contributed by atoms with Crippen molar-refractivity contribution in [2.75, 3.05) is 0 Å². The third-order valence-electron chi connectivity index (χ3n) is 4.29. The van der Waals surface area contributed by atoms with Crippen LogP contribution in [0.5, 0.6) is 0 Å². The van der Waals surface area contributed by atoms with Crippen LogP contribution in [0, 0.1) is 13.8 Å². The Morgan fingerprint density at radius 1 is 1.28 bits per heavy atom. The standard InChI is InChI=1S/C17H21F2N5O/c1-9-4-10(2)6-11(5-9)13-7-14(23-22-13)21-17(25)12-8-20-24(3)15(12)16(18)19/h4-6,8,13-14,16,22-23H,7H2,1-3H3,(H,21,25). The van der Waals surface area contributed by atoms with E-state index in [1.807, 2.05) is 13.8 Å². The summed E-state index contributed by atoms with van der Waals surface area (Å²) in [5.41, 5.74) is 9.12. The van der Waals surface area contributed by atoms with Gasteiger partial charge in [-0.15, -0.1) is 0 Å². The molecule has 0 aliphatic carbocycles. The number of alkyl halides is 2. The van der Waals surface area contributed by atoms with E-state index in [9.17, 15) is 13.6 Å². The van der Waals surface area contributed by atoms with Crippen molar-refractivity contribution in [2.24, 2.45) is 7.05 Å². The summed E-state index contributed by atoms with van der Waals surface area (Å²) in [5.74, 6) is -0.566. The number of carbonyl (C=O) groups is 1. The van der Waals surface area contributed by atoms with Crippen LogP contribution in [0.4, 0.5) is 8.78 Å². The van der Waals surface area contributed by atoms with Gasteiger partial charge >= 0.3 is 0 Å². The number of halogens is 2. The van der Waals surface area contributed by atoms with Gasteiger partial charge in [-0.3, -0.25) is 9.48 Å². The van der Waals surface area contributed by atoms with Crippen LogP contribution in [0.25, 0.3) is 0 Å². The Labute approximate surface area is 144 Å². The fraction of sp³-hybridized carbons (Fsp3) is 0.412. The highest BCUT2D eigenvalue weighted by atomic mass is 19.3. The maximum absolute atomic E-state index is 13.1. The highest BCUT2D eigenvalue weighted by Crippen LogP contribution is 2.25. The third-order valence-corrected chi connectivity index (χ3v) is 4.29. The van der Waals surface area contributed by atoms with Crippen LogP contribution in [0.2, 0.25) is 0 Å². The number of nitrogens with zero attached hydrogens (tertiary/aromatic N) is 2. The molecule has 2 aromatic rings. The molecular formula is C17H21F2N5O. The summed E-state index contributed by atoms with van der Waals surface area (Å²) in [6, 6.07) is 6.31. The Kier molecular flexibility index (Phi) is 4.82. The topological polar surface area (TPSA) is 71.0 Å². The monoisotopic (exact) mass is 349 g/mol. The summed E-state index contributed by atoms with van der Waals surface area (Å²) in [4.78, 5) is 12.3. The Hall–Kier alpha value is -2.32. The molecule has 1 fully saturated rings. The molecule has 0 saturated carbocycles. The van der Waals surface area contributed by atoms with Crippen LogP contribution in [0.15, 0.2) is 24.4 Å². The number of amides is 1. The Morgan fingerprint density at radius 2 is 1.96 bits per heavy atom. The van der Waals surface area contributed by atoms with Crippen LogP contribution in [-0.4, -0.2) is 21.9 Å². The van der Waals surface area contributed by atoms with E-state index in [1.165, 1.54) is 24.4 Å². The van der Waals surface area contributed by atoms with Crippen molar-refractivity contribution in [1.82, 2.24) is 25.9 Å². The van der Waals surface area contributed by atoms with E-state index in [0.29, 0.717) is 6.42 Å². The highest BCUT2D eigenvalue weighted by molar-refractivity contribution is 5.95. The molecule has 0 spiro atoms. The van der Waals surface area contributed by atoms with E-state index in [4.69, 9.17) is 0 Å². The van der Waals surface area contributed by atoms with Gasteiger partial charge in [0.1, 0.15) is 5.69 Å². The van der Waals surface area contributed by atoms with Crippen molar-refractivity contribution in [3.8, 4) is 0 Å². The number of nitrogens with one attached hydrogen (secondary N) is 3. The zero-order valence-electron chi connectivity index (χ0n) is 14.3. The van der Waals surface area contributed by atoms with Crippen LogP contribution >= 0.6 is 0 Å². The van der Waals surface area contributed by atoms with Crippen molar-refractivity contribution < 1.29 is 13.6 Å². The summed E-state index contributed by atoms with van der Waals surface area (Å²) in [5, 5.41) is 6.49. The quantitative estimate of drug-likeness (QED) is 0.792. The van der Waals surface area contributed by atoms with Gasteiger partial charge in [-0.1, -0.05) is 29.3 Å². The van der Waals surface area contributed by atoms with E-state index >= 15 is 0 Å². The number of hydrogen-bond donors (Lipinski definition) is 3. The van der Waals surface area contributed by atoms with Gasteiger partial charge in [0.05, 0.1) is 17.9 Å². The lowest BCUT2D eigenvalue weighted by Gasteiger charge is -2.13. The number of benzene rings is 1. The molecule has 1 aromatic carbocycles. The normalized spacial score (nSPS) is 20.2. The van der Waals surface area contributed by atoms with Crippen LogP contribution in [-0.2, 0) is 7.05 Å². The molecule has 1 aliphatic heterocycles. The van der Waals surface area contributed by atoms with Crippen molar-refractivity contribution in [1.29, 1.82) is 0 Å². The number of rotatable bonds is 4. The summed E-state index contributed by atoms with van der Waals surface area (Å²) >= 11 is 0. The highest BCUT2D eigenvalue weighted by Gasteiger charge is 2.29. The summed E-state index contributed by atoms with van der Waals surface area (Å²) in [6.45, 7) is 4.07. The van der Waals surface area contributed by atoms with Crippen LogP contribution < -0.4 is 16.2 Å². The van der Waals surface area contributed by atoms with Gasteiger partial charge in [0.2, 0.25) is 0 Å². The smallest absolute Gasteiger partial charge is 0.280 e. The van der Waals surface area contributed by atoms with Gasteiger partial charge in [0.15, 0.2) is 0 Å². The number of hydrogen-bond acceptors (Lipinski definition) is 4. The predicted octanol–water partition coefficient (Wildman–Crippen LogP) is 2.27. The minimum atomic E-state index is -2.76. The first-order chi connectivity index (χ1) is 11.8. The summed E-state index contributed by atoms with van der Waals surface area (Å²) < 4.78 is 27.2. The average Bonchev–Trinajstić information content (AvgIpc) is 3.12. The molecule has 2 atom stereocenters. The minimum absolute atomic E-state index is 0.0346. The first-order valence-electron chi connectivity index (χ1n) is 8.05. The molecule has 3 rings (SSSR count). The van der Waals surface area contributed by atoms with E-state index < -0.39 is 12.3 Å². The molecule has 8 heteroatoms. The number of aryl methyl sites for hydroxylation is 3. The molecule has 3 N–H and O–H groups in total. The Bertz CT molecular complexity index is 769. The maximum atomic E-state index is 13.1. The van der Waals surface area contributed by atoms with Crippen molar-refractivity contribution >= 4 is 5.91 Å². The molecule has 2 heterocycles. The molecule has 0 radical (unpaired) electrons. The largest absolute Gasteiger partial charge is 0.335 e. The van der Waals surface area contributed by atoms with E-state index in [2.05, 4.69) is 39.5 Å². The van der Waals surface area contributed by atoms with Gasteiger partial charge in [-0.05, 0) is 19.4 Å². The van der Waals surface area contributed by atoms with Gasteiger partial charge in [0.25, 0.3) is 12.3 Å². The molecule has 2 unspecified atom stereocenters. The minimum Gasteiger partial charge on any atom is -0.335 e. The lowest BCUT2D eigenvalue weighted by molar-refractivity contribution is 0.0915. The van der Waals surface area contributed by atoms with E-state index in [1.54, 1.807) is 0 Å². The fourth-order valence-corrected chi connectivity index (χ4v) is 3.20. The second-order valence-electron chi connectivity index (χ2n) is 6.39. The lowest BCUT2D eigenvalue weighted by Crippen LogP contribution is -2.44. The van der Waals surface area contributed by atoms with Gasteiger partial charge in [-0.25, -0.2) is 19.6 Å². The molecule has 1 aromatic heterocycles. The van der Waals surface area contributed by atoms with Crippen molar-refractivity contribution in [3.63, 3.8) is 0 Å². The summed E-state index contributed by atoms with van der Waals surface area (Å²) in [6.07, 6.45) is -1.34. The molecule has 1 saturated heterocycles. The second-order valence-corrected chi connectivity index (χ2v) is 6.39. The number of aromatic nitrogens is 2. The fourth-order valence-electron chi connectivity index (χ4n) is 3.20. The lowest BCUT2D eigenvalue weighted by atomic mass is 9.99. The van der Waals surface area contributed by atoms with Gasteiger partial charge < -0.3 is 5.32 Å². The molecule has 6 nitrogen and oxygen atoms in total. The van der Waals surface area contributed by atoms with E-state index in [0.717, 1.165) is 10.2 Å². The van der Waals surface area contributed by atoms with Crippen molar-refractivity contribution in [2.45, 2.75) is 38.9 Å². The van der Waals surface area contributed by atoms with Gasteiger partial charge in [0, 0.05) is 19.5 Å². The molecule has 0 bridgehead atoms. The molecule has 1 amide bonds. The zero-order valence-corrected chi connectivity index (χ0v) is 14.3. The average molecular weight is 349 g/mol. The predicted molar refractivity (Wildman–Crippen MR) is 89.0 cm³/mol. The first kappa shape index (κ1) is 17.5. The van der Waals surface area contributed by atoms with Gasteiger partial charge in [-0.2, -0.15) is 5.10 Å².